The van der Waals surface area contributed by atoms with E-state index in [1.54, 1.807) is 0 Å². The maximum Gasteiger partial charge on any atom is 0.119 e. The summed E-state index contributed by atoms with van der Waals surface area (Å²) in [5.74, 6) is 0.873. The summed E-state index contributed by atoms with van der Waals surface area (Å²) >= 11 is 5.53. The minimum atomic E-state index is 0.547. The molecule has 3 rings (SSSR count). The topological polar surface area (TPSA) is 21.3 Å². The highest BCUT2D eigenvalue weighted by atomic mass is 32.1. The molecule has 0 amide bonds. The summed E-state index contributed by atoms with van der Waals surface area (Å²) in [5, 5.41) is 3.50. The molecule has 120 valence electrons. The van der Waals surface area contributed by atoms with Crippen LogP contribution in [0.2, 0.25) is 0 Å². The molecule has 1 N–H and O–H groups in total. The molecule has 2 aromatic carbocycles. The fraction of sp³-hybridized carbons (Fsp3) is 0.350. The molecule has 0 saturated heterocycles. The summed E-state index contributed by atoms with van der Waals surface area (Å²) in [6.45, 7) is 0.588. The Kier molecular flexibility index (Phi) is 5.65. The van der Waals surface area contributed by atoms with Crippen molar-refractivity contribution in [2.45, 2.75) is 44.8 Å². The van der Waals surface area contributed by atoms with Crippen LogP contribution in [0.5, 0.6) is 5.75 Å². The van der Waals surface area contributed by atoms with Gasteiger partial charge < -0.3 is 10.1 Å². The van der Waals surface area contributed by atoms with E-state index in [0.29, 0.717) is 12.6 Å². The molecule has 3 heteroatoms. The standard InChI is InChI=1S/C20H23NOS/c23-20(21-18-9-5-2-6-10-18)17-11-13-19(14-12-17)22-15-16-7-3-1-4-8-16/h1,3-4,7-8,11-14,18H,2,5-6,9-10,15H2,(H,21,23). The Morgan fingerprint density at radius 2 is 1.65 bits per heavy atom. The molecule has 2 aromatic rings. The Balaban J connectivity index is 1.52. The zero-order chi connectivity index (χ0) is 15.9. The van der Waals surface area contributed by atoms with Gasteiger partial charge in [0.2, 0.25) is 0 Å². The summed E-state index contributed by atoms with van der Waals surface area (Å²) in [6.07, 6.45) is 6.45. The van der Waals surface area contributed by atoms with E-state index >= 15 is 0 Å². The molecule has 0 radical (unpaired) electrons. The second-order valence-electron chi connectivity index (χ2n) is 6.11. The Morgan fingerprint density at radius 3 is 2.35 bits per heavy atom. The van der Waals surface area contributed by atoms with E-state index in [9.17, 15) is 0 Å². The van der Waals surface area contributed by atoms with Gasteiger partial charge in [-0.15, -0.1) is 0 Å². The van der Waals surface area contributed by atoms with Gasteiger partial charge in [0.05, 0.1) is 0 Å². The third-order valence-electron chi connectivity index (χ3n) is 4.31. The SMILES string of the molecule is S=C(NC1CCCCC1)c1ccc(OCc2ccccc2)cc1. The lowest BCUT2D eigenvalue weighted by atomic mass is 9.95. The lowest BCUT2D eigenvalue weighted by Gasteiger charge is -2.24. The van der Waals surface area contributed by atoms with Gasteiger partial charge in [-0.1, -0.05) is 61.8 Å². The predicted molar refractivity (Wildman–Crippen MR) is 98.9 cm³/mol. The monoisotopic (exact) mass is 325 g/mol. The van der Waals surface area contributed by atoms with Crippen molar-refractivity contribution in [1.82, 2.24) is 5.32 Å². The minimum Gasteiger partial charge on any atom is -0.489 e. The van der Waals surface area contributed by atoms with E-state index in [0.717, 1.165) is 16.3 Å². The van der Waals surface area contributed by atoms with Gasteiger partial charge in [0.1, 0.15) is 17.3 Å². The third kappa shape index (κ3) is 4.80. The fourth-order valence-electron chi connectivity index (χ4n) is 2.96. The van der Waals surface area contributed by atoms with Gasteiger partial charge in [0, 0.05) is 11.6 Å². The number of thiocarbonyl (C=S) groups is 1. The molecule has 0 atom stereocenters. The van der Waals surface area contributed by atoms with Crippen molar-refractivity contribution in [3.8, 4) is 5.75 Å². The van der Waals surface area contributed by atoms with Crippen LogP contribution in [0.15, 0.2) is 54.6 Å². The summed E-state index contributed by atoms with van der Waals surface area (Å²) in [4.78, 5) is 0.853. The number of hydrogen-bond acceptors (Lipinski definition) is 2. The second-order valence-corrected chi connectivity index (χ2v) is 6.52. The molecule has 1 saturated carbocycles. The highest BCUT2D eigenvalue weighted by Crippen LogP contribution is 2.19. The second kappa shape index (κ2) is 8.11. The summed E-state index contributed by atoms with van der Waals surface area (Å²) < 4.78 is 5.81. The van der Waals surface area contributed by atoms with Crippen molar-refractivity contribution in [3.05, 3.63) is 65.7 Å². The summed E-state index contributed by atoms with van der Waals surface area (Å²) in [7, 11) is 0. The van der Waals surface area contributed by atoms with Crippen LogP contribution in [-0.2, 0) is 6.61 Å². The van der Waals surface area contributed by atoms with Crippen LogP contribution in [-0.4, -0.2) is 11.0 Å². The van der Waals surface area contributed by atoms with Crippen LogP contribution in [0.3, 0.4) is 0 Å². The molecule has 0 aliphatic heterocycles. The van der Waals surface area contributed by atoms with E-state index in [-0.39, 0.29) is 0 Å². The first-order chi connectivity index (χ1) is 11.3. The summed E-state index contributed by atoms with van der Waals surface area (Å²) in [6, 6.07) is 18.8. The first-order valence-electron chi connectivity index (χ1n) is 8.39. The van der Waals surface area contributed by atoms with E-state index in [4.69, 9.17) is 17.0 Å². The largest absolute Gasteiger partial charge is 0.489 e. The molecule has 0 unspecified atom stereocenters. The third-order valence-corrected chi connectivity index (χ3v) is 4.66. The van der Waals surface area contributed by atoms with Crippen LogP contribution in [0.25, 0.3) is 0 Å². The van der Waals surface area contributed by atoms with Crippen molar-refractivity contribution in [3.63, 3.8) is 0 Å². The molecular weight excluding hydrogens is 302 g/mol. The molecule has 23 heavy (non-hydrogen) atoms. The minimum absolute atomic E-state index is 0.547. The zero-order valence-corrected chi connectivity index (χ0v) is 14.1. The van der Waals surface area contributed by atoms with Gasteiger partial charge in [-0.05, 0) is 42.7 Å². The van der Waals surface area contributed by atoms with Crippen LogP contribution < -0.4 is 10.1 Å². The number of hydrogen-bond donors (Lipinski definition) is 1. The first kappa shape index (κ1) is 16.0. The van der Waals surface area contributed by atoms with E-state index in [1.807, 2.05) is 42.5 Å². The quantitative estimate of drug-likeness (QED) is 0.793. The molecule has 0 bridgehead atoms. The molecule has 1 aliphatic carbocycles. The molecule has 2 nitrogen and oxygen atoms in total. The van der Waals surface area contributed by atoms with Crippen molar-refractivity contribution < 1.29 is 4.74 Å². The lowest BCUT2D eigenvalue weighted by Crippen LogP contribution is -2.35. The number of rotatable bonds is 5. The van der Waals surface area contributed by atoms with Crippen molar-refractivity contribution >= 4 is 17.2 Å². The van der Waals surface area contributed by atoms with Gasteiger partial charge in [-0.25, -0.2) is 0 Å². The molecule has 0 spiro atoms. The normalized spacial score (nSPS) is 15.1. The summed E-state index contributed by atoms with van der Waals surface area (Å²) in [5.41, 5.74) is 2.24. The molecule has 0 aromatic heterocycles. The highest BCUT2D eigenvalue weighted by Gasteiger charge is 2.14. The number of nitrogens with one attached hydrogen (secondary N) is 1. The Hall–Kier alpha value is -1.87. The smallest absolute Gasteiger partial charge is 0.119 e. The van der Waals surface area contributed by atoms with Crippen molar-refractivity contribution in [1.29, 1.82) is 0 Å². The van der Waals surface area contributed by atoms with Gasteiger partial charge in [-0.2, -0.15) is 0 Å². The highest BCUT2D eigenvalue weighted by molar-refractivity contribution is 7.80. The van der Waals surface area contributed by atoms with Gasteiger partial charge in [-0.3, -0.25) is 0 Å². The van der Waals surface area contributed by atoms with E-state index in [2.05, 4.69) is 17.4 Å². The fourth-order valence-corrected chi connectivity index (χ4v) is 3.26. The Morgan fingerprint density at radius 1 is 0.957 bits per heavy atom. The number of ether oxygens (including phenoxy) is 1. The van der Waals surface area contributed by atoms with Crippen LogP contribution in [0.4, 0.5) is 0 Å². The van der Waals surface area contributed by atoms with Gasteiger partial charge >= 0.3 is 0 Å². The maximum atomic E-state index is 5.81. The Labute approximate surface area is 143 Å². The molecule has 0 heterocycles. The predicted octanol–water partition coefficient (Wildman–Crippen LogP) is 4.86. The molecule has 1 aliphatic rings. The number of benzene rings is 2. The van der Waals surface area contributed by atoms with Gasteiger partial charge in [0.15, 0.2) is 0 Å². The maximum absolute atomic E-state index is 5.81. The van der Waals surface area contributed by atoms with Crippen LogP contribution in [0.1, 0.15) is 43.2 Å². The molecule has 1 fully saturated rings. The van der Waals surface area contributed by atoms with Gasteiger partial charge in [0.25, 0.3) is 0 Å². The van der Waals surface area contributed by atoms with Crippen molar-refractivity contribution in [2.24, 2.45) is 0 Å². The van der Waals surface area contributed by atoms with Crippen LogP contribution >= 0.6 is 12.2 Å². The van der Waals surface area contributed by atoms with E-state index in [1.165, 1.54) is 37.7 Å². The Bertz CT molecular complexity index is 618. The van der Waals surface area contributed by atoms with Crippen molar-refractivity contribution in [2.75, 3.05) is 0 Å². The average molecular weight is 325 g/mol. The van der Waals surface area contributed by atoms with E-state index < -0.39 is 0 Å². The van der Waals surface area contributed by atoms with Crippen LogP contribution in [0, 0.1) is 0 Å². The zero-order valence-electron chi connectivity index (χ0n) is 13.3. The lowest BCUT2D eigenvalue weighted by molar-refractivity contribution is 0.306. The molecular formula is C20H23NOS. The average Bonchev–Trinajstić information content (AvgIpc) is 2.62. The first-order valence-corrected chi connectivity index (χ1v) is 8.80.